The molecule has 19 heavy (non-hydrogen) atoms. The number of nitrogens with one attached hydrogen (secondary N) is 1. The third kappa shape index (κ3) is 3.09. The molecule has 1 heterocycles. The molecule has 0 saturated carbocycles. The number of hydrogen-bond donors (Lipinski definition) is 2. The fraction of sp³-hybridized carbons (Fsp3) is 0.800. The van der Waals surface area contributed by atoms with Gasteiger partial charge in [-0.3, -0.25) is 0 Å². The number of amides is 2. The van der Waals surface area contributed by atoms with E-state index in [0.717, 1.165) is 4.90 Å². The van der Waals surface area contributed by atoms with Gasteiger partial charge in [-0.1, -0.05) is 0 Å². The highest BCUT2D eigenvalue weighted by molar-refractivity contribution is 5.86. The van der Waals surface area contributed by atoms with Crippen LogP contribution in [0, 0.1) is 0 Å². The molecule has 2 N–H and O–H groups in total. The Bertz CT molecular complexity index is 368. The first-order chi connectivity index (χ1) is 8.59. The van der Waals surface area contributed by atoms with Crippen molar-refractivity contribution < 1.29 is 32.6 Å². The SMILES string of the molecule is CN(C(=O)NC(C)(C(=O)O)C(F)(F)F)C1CCOC1. The summed E-state index contributed by atoms with van der Waals surface area (Å²) in [6.45, 7) is 1.05. The summed E-state index contributed by atoms with van der Waals surface area (Å²) in [6.07, 6.45) is -4.60. The number of ether oxygens (including phenoxy) is 1. The number of hydrogen-bond acceptors (Lipinski definition) is 3. The summed E-state index contributed by atoms with van der Waals surface area (Å²) in [6, 6.07) is -1.45. The smallest absolute Gasteiger partial charge is 0.422 e. The molecule has 1 aliphatic heterocycles. The van der Waals surface area contributed by atoms with Gasteiger partial charge in [-0.2, -0.15) is 13.2 Å². The zero-order valence-electron chi connectivity index (χ0n) is 10.5. The minimum absolute atomic E-state index is 0.222. The molecular weight excluding hydrogens is 269 g/mol. The summed E-state index contributed by atoms with van der Waals surface area (Å²) in [7, 11) is 1.30. The number of carbonyl (C=O) groups is 2. The molecule has 1 rings (SSSR count). The maximum absolute atomic E-state index is 12.7. The van der Waals surface area contributed by atoms with Crippen LogP contribution < -0.4 is 5.32 Å². The van der Waals surface area contributed by atoms with Crippen molar-refractivity contribution in [3.05, 3.63) is 0 Å². The molecular formula is C10H15F3N2O4. The van der Waals surface area contributed by atoms with Crippen molar-refractivity contribution >= 4 is 12.0 Å². The van der Waals surface area contributed by atoms with Crippen molar-refractivity contribution in [3.63, 3.8) is 0 Å². The quantitative estimate of drug-likeness (QED) is 0.804. The molecule has 110 valence electrons. The van der Waals surface area contributed by atoms with Crippen LogP contribution in [0.4, 0.5) is 18.0 Å². The lowest BCUT2D eigenvalue weighted by atomic mass is 10.0. The number of halogens is 3. The number of carboxylic acid groups (broad SMARTS) is 1. The Kier molecular flexibility index (Phi) is 4.28. The monoisotopic (exact) mass is 284 g/mol. The van der Waals surface area contributed by atoms with Gasteiger partial charge in [0.05, 0.1) is 12.6 Å². The average Bonchev–Trinajstić information content (AvgIpc) is 2.79. The van der Waals surface area contributed by atoms with Gasteiger partial charge in [0.15, 0.2) is 0 Å². The Morgan fingerprint density at radius 2 is 2.00 bits per heavy atom. The highest BCUT2D eigenvalue weighted by Gasteiger charge is 2.58. The van der Waals surface area contributed by atoms with Crippen molar-refractivity contribution in [2.45, 2.75) is 31.1 Å². The topological polar surface area (TPSA) is 78.9 Å². The Balaban J connectivity index is 2.80. The van der Waals surface area contributed by atoms with E-state index in [1.807, 2.05) is 0 Å². The zero-order chi connectivity index (χ0) is 14.8. The first-order valence-electron chi connectivity index (χ1n) is 5.52. The normalized spacial score (nSPS) is 22.7. The van der Waals surface area contributed by atoms with E-state index >= 15 is 0 Å². The molecule has 6 nitrogen and oxygen atoms in total. The van der Waals surface area contributed by atoms with Crippen LogP contribution in [-0.4, -0.2) is 60.0 Å². The third-order valence-electron chi connectivity index (χ3n) is 3.13. The zero-order valence-corrected chi connectivity index (χ0v) is 10.5. The molecule has 1 fully saturated rings. The standard InChI is InChI=1S/C10H15F3N2O4/c1-9(7(16)17,10(11,12)13)14-8(18)15(2)6-3-4-19-5-6/h6H,3-5H2,1-2H3,(H,14,18)(H,16,17). The lowest BCUT2D eigenvalue weighted by molar-refractivity contribution is -0.203. The number of carboxylic acids is 1. The first-order valence-corrected chi connectivity index (χ1v) is 5.52. The Hall–Kier alpha value is -1.51. The lowest BCUT2D eigenvalue weighted by Crippen LogP contribution is -2.64. The van der Waals surface area contributed by atoms with E-state index < -0.39 is 23.7 Å². The largest absolute Gasteiger partial charge is 0.479 e. The van der Waals surface area contributed by atoms with Gasteiger partial charge in [0.1, 0.15) is 0 Å². The van der Waals surface area contributed by atoms with Crippen LogP contribution >= 0.6 is 0 Å². The number of likely N-dealkylation sites (N-methyl/N-ethyl adjacent to an activating group) is 1. The van der Waals surface area contributed by atoms with Crippen LogP contribution in [0.15, 0.2) is 0 Å². The van der Waals surface area contributed by atoms with Crippen molar-refractivity contribution in [1.82, 2.24) is 10.2 Å². The van der Waals surface area contributed by atoms with Gasteiger partial charge in [-0.05, 0) is 13.3 Å². The van der Waals surface area contributed by atoms with Crippen LogP contribution in [0.5, 0.6) is 0 Å². The number of aliphatic carboxylic acids is 1. The average molecular weight is 284 g/mol. The molecule has 0 aliphatic carbocycles. The predicted octanol–water partition coefficient (Wildman–Crippen LogP) is 0.822. The molecule has 1 saturated heterocycles. The molecule has 2 amide bonds. The van der Waals surface area contributed by atoms with Gasteiger partial charge in [0.2, 0.25) is 5.54 Å². The maximum Gasteiger partial charge on any atom is 0.422 e. The summed E-state index contributed by atoms with van der Waals surface area (Å²) < 4.78 is 43.2. The van der Waals surface area contributed by atoms with Crippen LogP contribution in [-0.2, 0) is 9.53 Å². The second-order valence-electron chi connectivity index (χ2n) is 4.49. The van der Waals surface area contributed by atoms with Gasteiger partial charge < -0.3 is 20.1 Å². The fourth-order valence-electron chi connectivity index (χ4n) is 1.54. The van der Waals surface area contributed by atoms with Crippen molar-refractivity contribution in [1.29, 1.82) is 0 Å². The van der Waals surface area contributed by atoms with Crippen molar-refractivity contribution in [2.24, 2.45) is 0 Å². The van der Waals surface area contributed by atoms with Crippen molar-refractivity contribution in [3.8, 4) is 0 Å². The summed E-state index contributed by atoms with van der Waals surface area (Å²) in [5.41, 5.74) is -3.32. The molecule has 9 heteroatoms. The number of urea groups is 1. The fourth-order valence-corrected chi connectivity index (χ4v) is 1.54. The summed E-state index contributed by atoms with van der Waals surface area (Å²) in [5.74, 6) is -2.16. The Labute approximate surface area is 107 Å². The van der Waals surface area contributed by atoms with Crippen LogP contribution in [0.3, 0.4) is 0 Å². The van der Waals surface area contributed by atoms with E-state index in [-0.39, 0.29) is 12.6 Å². The van der Waals surface area contributed by atoms with Crippen LogP contribution in [0.1, 0.15) is 13.3 Å². The number of carbonyl (C=O) groups excluding carboxylic acids is 1. The highest BCUT2D eigenvalue weighted by Crippen LogP contribution is 2.30. The Morgan fingerprint density at radius 1 is 1.42 bits per heavy atom. The van der Waals surface area contributed by atoms with Gasteiger partial charge >= 0.3 is 18.2 Å². The first kappa shape index (κ1) is 15.5. The van der Waals surface area contributed by atoms with Crippen molar-refractivity contribution in [2.75, 3.05) is 20.3 Å². The molecule has 2 unspecified atom stereocenters. The minimum atomic E-state index is -5.10. The lowest BCUT2D eigenvalue weighted by Gasteiger charge is -2.32. The summed E-state index contributed by atoms with van der Waals surface area (Å²) in [4.78, 5) is 23.5. The van der Waals surface area contributed by atoms with Crippen LogP contribution in [0.2, 0.25) is 0 Å². The third-order valence-corrected chi connectivity index (χ3v) is 3.13. The summed E-state index contributed by atoms with van der Waals surface area (Å²) in [5, 5.41) is 10.2. The van der Waals surface area contributed by atoms with E-state index in [9.17, 15) is 22.8 Å². The molecule has 1 aliphatic rings. The number of nitrogens with zero attached hydrogens (tertiary/aromatic N) is 1. The molecule has 0 aromatic carbocycles. The Morgan fingerprint density at radius 3 is 2.37 bits per heavy atom. The van der Waals surface area contributed by atoms with Gasteiger partial charge in [0.25, 0.3) is 0 Å². The molecule has 0 radical (unpaired) electrons. The van der Waals surface area contributed by atoms with E-state index in [4.69, 9.17) is 9.84 Å². The molecule has 0 aromatic heterocycles. The second-order valence-corrected chi connectivity index (χ2v) is 4.49. The predicted molar refractivity (Wildman–Crippen MR) is 57.6 cm³/mol. The number of rotatable bonds is 3. The second kappa shape index (κ2) is 5.24. The number of alkyl halides is 3. The van der Waals surface area contributed by atoms with E-state index in [0.29, 0.717) is 20.0 Å². The molecule has 0 bridgehead atoms. The van der Waals surface area contributed by atoms with E-state index in [1.165, 1.54) is 12.4 Å². The van der Waals surface area contributed by atoms with Gasteiger partial charge in [-0.25, -0.2) is 9.59 Å². The van der Waals surface area contributed by atoms with Crippen LogP contribution in [0.25, 0.3) is 0 Å². The van der Waals surface area contributed by atoms with E-state index in [2.05, 4.69) is 0 Å². The minimum Gasteiger partial charge on any atom is -0.479 e. The molecule has 2 atom stereocenters. The molecule has 0 spiro atoms. The van der Waals surface area contributed by atoms with Gasteiger partial charge in [-0.15, -0.1) is 0 Å². The van der Waals surface area contributed by atoms with E-state index in [1.54, 1.807) is 0 Å². The van der Waals surface area contributed by atoms with Gasteiger partial charge in [0, 0.05) is 13.7 Å². The summed E-state index contributed by atoms with van der Waals surface area (Å²) >= 11 is 0. The maximum atomic E-state index is 12.7. The highest BCUT2D eigenvalue weighted by atomic mass is 19.4. The molecule has 0 aromatic rings.